The normalized spacial score (nSPS) is 15.3. The predicted molar refractivity (Wildman–Crippen MR) is 108 cm³/mol. The molecule has 1 aliphatic heterocycles. The third kappa shape index (κ3) is 4.12. The number of hydrogen-bond donors (Lipinski definition) is 1. The van der Waals surface area contributed by atoms with Crippen molar-refractivity contribution in [1.82, 2.24) is 4.90 Å². The molecule has 1 aliphatic rings. The molecule has 0 atom stereocenters. The van der Waals surface area contributed by atoms with Gasteiger partial charge < -0.3 is 14.3 Å². The number of carboxylic acids is 1. The molecule has 0 spiro atoms. The largest absolute Gasteiger partial charge is 0.494 e. The first kappa shape index (κ1) is 19.8. The minimum Gasteiger partial charge on any atom is -0.494 e. The predicted octanol–water partition coefficient (Wildman–Crippen LogP) is 4.03. The average molecular weight is 418 g/mol. The van der Waals surface area contributed by atoms with Gasteiger partial charge in [0.25, 0.3) is 5.91 Å². The second-order valence-electron chi connectivity index (χ2n) is 5.57. The summed E-state index contributed by atoms with van der Waals surface area (Å²) in [6.45, 7) is 1.80. The van der Waals surface area contributed by atoms with Crippen LogP contribution in [0.2, 0.25) is 0 Å². The summed E-state index contributed by atoms with van der Waals surface area (Å²) in [6, 6.07) is 8.16. The Morgan fingerprint density at radius 2 is 2.18 bits per heavy atom. The highest BCUT2D eigenvalue weighted by molar-refractivity contribution is 8.26. The Morgan fingerprint density at radius 3 is 2.86 bits per heavy atom. The van der Waals surface area contributed by atoms with E-state index in [1.165, 1.54) is 12.1 Å². The summed E-state index contributed by atoms with van der Waals surface area (Å²) in [7, 11) is 0. The number of thiocarbonyl (C=S) groups is 1. The molecule has 8 nitrogen and oxygen atoms in total. The molecule has 0 bridgehead atoms. The zero-order chi connectivity index (χ0) is 20.3. The summed E-state index contributed by atoms with van der Waals surface area (Å²) in [5.74, 6) is -0.370. The van der Waals surface area contributed by atoms with Crippen LogP contribution in [0.1, 0.15) is 12.7 Å². The zero-order valence-electron chi connectivity index (χ0n) is 14.6. The first-order chi connectivity index (χ1) is 13.4. The molecule has 1 fully saturated rings. The molecule has 144 valence electrons. The second kappa shape index (κ2) is 8.36. The number of amides is 1. The summed E-state index contributed by atoms with van der Waals surface area (Å²) >= 11 is 6.05. The van der Waals surface area contributed by atoms with Crippen molar-refractivity contribution in [2.45, 2.75) is 6.92 Å². The fourth-order valence-electron chi connectivity index (χ4n) is 2.53. The molecule has 1 amide bonds. The number of nitrogens with zero attached hydrogens (tertiary/aromatic N) is 2. The van der Waals surface area contributed by atoms with Crippen LogP contribution >= 0.6 is 24.0 Å². The summed E-state index contributed by atoms with van der Waals surface area (Å²) in [5.41, 5.74) is 0.649. The topological polar surface area (TPSA) is 109 Å². The standard InChI is InChI=1S/C18H14N2O6S2/c1-2-25-10-3-5-12(13(7-10)19-24)14-6-4-11(26-14)8-15-17(23)20(9-16(21)22)18(27)28-15/h3-8H,2,9H2,1H3,(H,21,22)/b15-8-. The lowest BCUT2D eigenvalue weighted by molar-refractivity contribution is -0.140. The maximum atomic E-state index is 12.3. The Balaban J connectivity index is 1.86. The van der Waals surface area contributed by atoms with Crippen molar-refractivity contribution in [3.63, 3.8) is 0 Å². The molecule has 1 aromatic carbocycles. The minimum absolute atomic E-state index is 0.166. The quantitative estimate of drug-likeness (QED) is 0.408. The molecule has 3 rings (SSSR count). The number of furan rings is 1. The molecular formula is C18H14N2O6S2. The number of thioether (sulfide) groups is 1. The first-order valence-electron chi connectivity index (χ1n) is 8.10. The minimum atomic E-state index is -1.15. The van der Waals surface area contributed by atoms with Gasteiger partial charge in [0.2, 0.25) is 0 Å². The van der Waals surface area contributed by atoms with Crippen molar-refractivity contribution in [2.75, 3.05) is 13.2 Å². The highest BCUT2D eigenvalue weighted by Gasteiger charge is 2.33. The van der Waals surface area contributed by atoms with Gasteiger partial charge in [0, 0.05) is 17.7 Å². The summed E-state index contributed by atoms with van der Waals surface area (Å²) in [4.78, 5) is 35.6. The van der Waals surface area contributed by atoms with E-state index in [1.807, 2.05) is 6.92 Å². The van der Waals surface area contributed by atoms with E-state index in [2.05, 4.69) is 5.18 Å². The van der Waals surface area contributed by atoms with Crippen LogP contribution in [-0.4, -0.2) is 39.4 Å². The van der Waals surface area contributed by atoms with Crippen molar-refractivity contribution >= 4 is 51.9 Å². The van der Waals surface area contributed by atoms with Gasteiger partial charge in [-0.15, -0.1) is 4.91 Å². The van der Waals surface area contributed by atoms with Crippen molar-refractivity contribution < 1.29 is 23.8 Å². The van der Waals surface area contributed by atoms with Gasteiger partial charge in [-0.2, -0.15) is 0 Å². The van der Waals surface area contributed by atoms with Crippen molar-refractivity contribution in [3.8, 4) is 17.1 Å². The lowest BCUT2D eigenvalue weighted by Gasteiger charge is -2.09. The summed E-state index contributed by atoms with van der Waals surface area (Å²) in [5, 5.41) is 11.9. The van der Waals surface area contributed by atoms with Crippen LogP contribution < -0.4 is 4.74 Å². The third-order valence-corrected chi connectivity index (χ3v) is 5.09. The number of carbonyl (C=O) groups is 2. The molecule has 2 heterocycles. The maximum absolute atomic E-state index is 12.3. The smallest absolute Gasteiger partial charge is 0.323 e. The Labute approximate surface area is 169 Å². The van der Waals surface area contributed by atoms with E-state index in [-0.39, 0.29) is 14.9 Å². The Morgan fingerprint density at radius 1 is 1.39 bits per heavy atom. The molecule has 1 saturated heterocycles. The maximum Gasteiger partial charge on any atom is 0.323 e. The van der Waals surface area contributed by atoms with Crippen LogP contribution in [-0.2, 0) is 9.59 Å². The zero-order valence-corrected chi connectivity index (χ0v) is 16.2. The second-order valence-corrected chi connectivity index (χ2v) is 7.24. The monoisotopic (exact) mass is 418 g/mol. The molecule has 0 radical (unpaired) electrons. The van der Waals surface area contributed by atoms with Crippen LogP contribution in [0, 0.1) is 4.91 Å². The number of benzene rings is 1. The van der Waals surface area contributed by atoms with Crippen LogP contribution in [0.3, 0.4) is 0 Å². The van der Waals surface area contributed by atoms with Crippen molar-refractivity contribution in [3.05, 3.63) is 45.9 Å². The molecule has 0 saturated carbocycles. The van der Waals surface area contributed by atoms with Crippen molar-refractivity contribution in [1.29, 1.82) is 0 Å². The highest BCUT2D eigenvalue weighted by Crippen LogP contribution is 2.36. The van der Waals surface area contributed by atoms with Gasteiger partial charge in [-0.25, -0.2) is 0 Å². The van der Waals surface area contributed by atoms with E-state index in [1.54, 1.807) is 24.3 Å². The molecule has 28 heavy (non-hydrogen) atoms. The van der Waals surface area contributed by atoms with Crippen molar-refractivity contribution in [2.24, 2.45) is 5.18 Å². The molecule has 0 aliphatic carbocycles. The number of rotatable bonds is 7. The van der Waals surface area contributed by atoms with Gasteiger partial charge >= 0.3 is 5.97 Å². The summed E-state index contributed by atoms with van der Waals surface area (Å²) < 4.78 is 11.2. The van der Waals surface area contributed by atoms with Gasteiger partial charge in [-0.05, 0) is 36.4 Å². The molecule has 1 N–H and O–H groups in total. The van der Waals surface area contributed by atoms with Crippen LogP contribution in [0.25, 0.3) is 17.4 Å². The van der Waals surface area contributed by atoms with Gasteiger partial charge in [-0.3, -0.25) is 14.5 Å². The van der Waals surface area contributed by atoms with E-state index >= 15 is 0 Å². The molecular weight excluding hydrogens is 404 g/mol. The van der Waals surface area contributed by atoms with E-state index in [0.717, 1.165) is 16.7 Å². The lowest BCUT2D eigenvalue weighted by Crippen LogP contribution is -2.33. The lowest BCUT2D eigenvalue weighted by atomic mass is 10.1. The third-order valence-electron chi connectivity index (χ3n) is 3.71. The van der Waals surface area contributed by atoms with Crippen LogP contribution in [0.5, 0.6) is 5.75 Å². The number of carbonyl (C=O) groups excluding carboxylic acids is 1. The first-order valence-corrected chi connectivity index (χ1v) is 9.33. The van der Waals surface area contributed by atoms with Gasteiger partial charge in [0.05, 0.1) is 11.5 Å². The molecule has 1 aromatic heterocycles. The molecule has 0 unspecified atom stereocenters. The van der Waals surface area contributed by atoms with E-state index < -0.39 is 18.4 Å². The fraction of sp³-hybridized carbons (Fsp3) is 0.167. The summed E-state index contributed by atoms with van der Waals surface area (Å²) in [6.07, 6.45) is 1.48. The Hall–Kier alpha value is -2.98. The van der Waals surface area contributed by atoms with Crippen LogP contribution in [0.15, 0.2) is 44.8 Å². The number of hydrogen-bond acceptors (Lipinski definition) is 8. The Kier molecular flexibility index (Phi) is 5.90. The Bertz CT molecular complexity index is 998. The number of aliphatic carboxylic acids is 1. The SMILES string of the molecule is CCOc1ccc(-c2ccc(/C=C3\SC(=S)N(CC(=O)O)C3=O)o2)c(N=O)c1. The molecule has 10 heteroatoms. The fourth-order valence-corrected chi connectivity index (χ4v) is 3.76. The van der Waals surface area contributed by atoms with E-state index in [4.69, 9.17) is 26.5 Å². The van der Waals surface area contributed by atoms with Gasteiger partial charge in [-0.1, -0.05) is 24.0 Å². The highest BCUT2D eigenvalue weighted by atomic mass is 32.2. The van der Waals surface area contributed by atoms with E-state index in [9.17, 15) is 14.5 Å². The van der Waals surface area contributed by atoms with E-state index in [0.29, 0.717) is 29.4 Å². The number of carboxylic acid groups (broad SMARTS) is 1. The number of nitroso groups, excluding NO2 is 1. The molecule has 2 aromatic rings. The van der Waals surface area contributed by atoms with Gasteiger partial charge in [0.1, 0.15) is 33.8 Å². The van der Waals surface area contributed by atoms with Gasteiger partial charge in [0.15, 0.2) is 0 Å². The average Bonchev–Trinajstić information content (AvgIpc) is 3.22. The number of ether oxygens (including phenoxy) is 1. The van der Waals surface area contributed by atoms with Crippen LogP contribution in [0.4, 0.5) is 5.69 Å².